The first-order valence-corrected chi connectivity index (χ1v) is 6.29. The number of methoxy groups -OCH3 is 2. The number of halogens is 1. The molecule has 0 atom stereocenters. The van der Waals surface area contributed by atoms with Crippen LogP contribution in [0.2, 0.25) is 0 Å². The zero-order valence-corrected chi connectivity index (χ0v) is 13.3. The lowest BCUT2D eigenvalue weighted by Gasteiger charge is -2.10. The fourth-order valence-corrected chi connectivity index (χ4v) is 1.94. The van der Waals surface area contributed by atoms with Crippen LogP contribution in [0, 0.1) is 0 Å². The number of rotatable bonds is 6. The van der Waals surface area contributed by atoms with Crippen LogP contribution in [0.15, 0.2) is 48.5 Å². The minimum Gasteiger partial charge on any atom is -1.00 e. The van der Waals surface area contributed by atoms with Gasteiger partial charge in [0.05, 0.1) is 14.2 Å². The first-order valence-electron chi connectivity index (χ1n) is 6.29. The first kappa shape index (κ1) is 16.5. The van der Waals surface area contributed by atoms with Gasteiger partial charge in [0, 0.05) is 13.1 Å². The Morgan fingerprint density at radius 2 is 1.45 bits per heavy atom. The van der Waals surface area contributed by atoms with E-state index in [0.717, 1.165) is 24.6 Å². The maximum atomic E-state index is 5.29. The summed E-state index contributed by atoms with van der Waals surface area (Å²) in [5.41, 5.74) is 2.46. The largest absolute Gasteiger partial charge is 1.00 e. The van der Waals surface area contributed by atoms with Gasteiger partial charge in [0.2, 0.25) is 0 Å². The van der Waals surface area contributed by atoms with Crippen LogP contribution < -0.4 is 31.8 Å². The lowest BCUT2D eigenvalue weighted by molar-refractivity contribution is -0.00000444. The number of ether oxygens (including phenoxy) is 2. The van der Waals surface area contributed by atoms with Crippen LogP contribution in [-0.2, 0) is 13.1 Å². The third-order valence-corrected chi connectivity index (χ3v) is 2.95. The van der Waals surface area contributed by atoms with Crippen molar-refractivity contribution in [1.82, 2.24) is 5.32 Å². The Bertz CT molecular complexity index is 517. The van der Waals surface area contributed by atoms with Gasteiger partial charge in [-0.1, -0.05) is 36.4 Å². The topological polar surface area (TPSA) is 30.5 Å². The summed E-state index contributed by atoms with van der Waals surface area (Å²) in [5.74, 6) is 1.52. The van der Waals surface area contributed by atoms with Gasteiger partial charge in [-0.2, -0.15) is 0 Å². The van der Waals surface area contributed by atoms with Gasteiger partial charge in [-0.25, -0.2) is 0 Å². The predicted octanol–water partition coefficient (Wildman–Crippen LogP) is -0.00240. The monoisotopic (exact) mass is 336 g/mol. The molecule has 0 spiro atoms. The summed E-state index contributed by atoms with van der Waals surface area (Å²) in [6, 6.07) is 16.3. The van der Waals surface area contributed by atoms with E-state index in [2.05, 4.69) is 17.4 Å². The molecule has 1 N–H and O–H groups in total. The van der Waals surface area contributed by atoms with Crippen molar-refractivity contribution in [3.8, 4) is 11.5 Å². The molecule has 108 valence electrons. The highest BCUT2D eigenvalue weighted by atomic mass is 79.9. The lowest BCUT2D eigenvalue weighted by atomic mass is 10.2. The van der Waals surface area contributed by atoms with E-state index in [4.69, 9.17) is 9.47 Å². The van der Waals surface area contributed by atoms with Crippen LogP contribution >= 0.6 is 0 Å². The van der Waals surface area contributed by atoms with Crippen LogP contribution in [0.5, 0.6) is 11.5 Å². The summed E-state index contributed by atoms with van der Waals surface area (Å²) >= 11 is 0. The van der Waals surface area contributed by atoms with Crippen molar-refractivity contribution in [3.05, 3.63) is 59.7 Å². The molecule has 0 aliphatic heterocycles. The van der Waals surface area contributed by atoms with E-state index < -0.39 is 0 Å². The SMILES string of the molecule is COc1ccc(CNCc2ccccc2)cc1OC.[Br-]. The van der Waals surface area contributed by atoms with Gasteiger partial charge in [0.25, 0.3) is 0 Å². The van der Waals surface area contributed by atoms with Gasteiger partial charge >= 0.3 is 0 Å². The molecule has 0 heterocycles. The van der Waals surface area contributed by atoms with Gasteiger partial charge in [-0.3, -0.25) is 0 Å². The second kappa shape index (κ2) is 8.61. The number of benzene rings is 2. The molecule has 0 amide bonds. The van der Waals surface area contributed by atoms with E-state index in [0.29, 0.717) is 0 Å². The number of hydrogen-bond donors (Lipinski definition) is 1. The molecule has 2 rings (SSSR count). The van der Waals surface area contributed by atoms with Crippen molar-refractivity contribution in [2.45, 2.75) is 13.1 Å². The fourth-order valence-electron chi connectivity index (χ4n) is 1.94. The van der Waals surface area contributed by atoms with Crippen LogP contribution in [0.3, 0.4) is 0 Å². The summed E-state index contributed by atoms with van der Waals surface area (Å²) in [7, 11) is 3.30. The molecule has 4 heteroatoms. The first-order chi connectivity index (χ1) is 9.33. The van der Waals surface area contributed by atoms with Crippen LogP contribution in [-0.4, -0.2) is 14.2 Å². The third-order valence-electron chi connectivity index (χ3n) is 2.95. The quantitative estimate of drug-likeness (QED) is 0.805. The maximum absolute atomic E-state index is 5.29. The summed E-state index contributed by atoms with van der Waals surface area (Å²) in [4.78, 5) is 0. The summed E-state index contributed by atoms with van der Waals surface area (Å²) in [5, 5.41) is 3.41. The van der Waals surface area contributed by atoms with Gasteiger partial charge < -0.3 is 31.8 Å². The van der Waals surface area contributed by atoms with Gasteiger partial charge in [-0.05, 0) is 23.3 Å². The van der Waals surface area contributed by atoms with Crippen molar-refractivity contribution in [2.24, 2.45) is 0 Å². The summed E-state index contributed by atoms with van der Waals surface area (Å²) in [6.07, 6.45) is 0. The van der Waals surface area contributed by atoms with E-state index in [9.17, 15) is 0 Å². The van der Waals surface area contributed by atoms with Crippen LogP contribution in [0.1, 0.15) is 11.1 Å². The highest BCUT2D eigenvalue weighted by molar-refractivity contribution is 5.42. The Kier molecular flexibility index (Phi) is 7.12. The fraction of sp³-hybridized carbons (Fsp3) is 0.250. The second-order valence-electron chi connectivity index (χ2n) is 4.28. The van der Waals surface area contributed by atoms with E-state index in [1.807, 2.05) is 36.4 Å². The Balaban J connectivity index is 0.00000200. The smallest absolute Gasteiger partial charge is 0.161 e. The van der Waals surface area contributed by atoms with Crippen molar-refractivity contribution in [3.63, 3.8) is 0 Å². The minimum atomic E-state index is 0. The van der Waals surface area contributed by atoms with Crippen molar-refractivity contribution < 1.29 is 26.5 Å². The summed E-state index contributed by atoms with van der Waals surface area (Å²) in [6.45, 7) is 1.66. The van der Waals surface area contributed by atoms with Gasteiger partial charge in [0.15, 0.2) is 11.5 Å². The molecular formula is C16H19BrNO2-. The molecule has 0 radical (unpaired) electrons. The Morgan fingerprint density at radius 3 is 2.10 bits per heavy atom. The molecule has 0 aromatic heterocycles. The van der Waals surface area contributed by atoms with E-state index in [1.54, 1.807) is 14.2 Å². The van der Waals surface area contributed by atoms with Crippen molar-refractivity contribution >= 4 is 0 Å². The Hall–Kier alpha value is -1.52. The van der Waals surface area contributed by atoms with Crippen LogP contribution in [0.4, 0.5) is 0 Å². The lowest BCUT2D eigenvalue weighted by Crippen LogP contribution is -3.00. The predicted molar refractivity (Wildman–Crippen MR) is 76.5 cm³/mol. The molecule has 0 saturated heterocycles. The number of nitrogens with one attached hydrogen (secondary N) is 1. The summed E-state index contributed by atoms with van der Waals surface area (Å²) < 4.78 is 10.5. The van der Waals surface area contributed by atoms with Crippen molar-refractivity contribution in [2.75, 3.05) is 14.2 Å². The third kappa shape index (κ3) is 4.54. The molecule has 0 bridgehead atoms. The molecule has 0 unspecified atom stereocenters. The van der Waals surface area contributed by atoms with E-state index in [1.165, 1.54) is 11.1 Å². The highest BCUT2D eigenvalue weighted by Gasteiger charge is 2.04. The molecule has 0 aliphatic carbocycles. The Morgan fingerprint density at radius 1 is 0.800 bits per heavy atom. The molecule has 3 nitrogen and oxygen atoms in total. The average Bonchev–Trinajstić information content (AvgIpc) is 2.48. The highest BCUT2D eigenvalue weighted by Crippen LogP contribution is 2.27. The minimum absolute atomic E-state index is 0. The molecule has 0 aliphatic rings. The molecular weight excluding hydrogens is 318 g/mol. The van der Waals surface area contributed by atoms with Gasteiger partial charge in [-0.15, -0.1) is 0 Å². The molecule has 0 saturated carbocycles. The van der Waals surface area contributed by atoms with E-state index >= 15 is 0 Å². The normalized spacial score (nSPS) is 9.70. The Labute approximate surface area is 130 Å². The zero-order valence-electron chi connectivity index (χ0n) is 11.7. The molecule has 2 aromatic rings. The molecule has 0 fully saturated rings. The second-order valence-corrected chi connectivity index (χ2v) is 4.28. The average molecular weight is 337 g/mol. The van der Waals surface area contributed by atoms with Gasteiger partial charge in [0.1, 0.15) is 0 Å². The number of hydrogen-bond acceptors (Lipinski definition) is 3. The zero-order chi connectivity index (χ0) is 13.5. The standard InChI is InChI=1S/C16H19NO2.BrH/c1-18-15-9-8-14(10-16(15)19-2)12-17-11-13-6-4-3-5-7-13;/h3-10,17H,11-12H2,1-2H3;1H/p-1. The molecule has 2 aromatic carbocycles. The molecule has 20 heavy (non-hydrogen) atoms. The van der Waals surface area contributed by atoms with E-state index in [-0.39, 0.29) is 17.0 Å². The maximum Gasteiger partial charge on any atom is 0.161 e. The van der Waals surface area contributed by atoms with Crippen molar-refractivity contribution in [1.29, 1.82) is 0 Å². The van der Waals surface area contributed by atoms with Crippen LogP contribution in [0.25, 0.3) is 0 Å².